The first-order chi connectivity index (χ1) is 12.5. The largest absolute Gasteiger partial charge is 0.497 e. The van der Waals surface area contributed by atoms with E-state index in [4.69, 9.17) is 4.74 Å². The van der Waals surface area contributed by atoms with E-state index < -0.39 is 23.1 Å². The van der Waals surface area contributed by atoms with Crippen molar-refractivity contribution >= 4 is 11.8 Å². The monoisotopic (exact) mass is 366 g/mol. The van der Waals surface area contributed by atoms with Crippen LogP contribution >= 0.6 is 0 Å². The highest BCUT2D eigenvalue weighted by molar-refractivity contribution is 5.95. The number of hydrogen-bond acceptors (Lipinski definition) is 3. The molecule has 26 heavy (non-hydrogen) atoms. The van der Waals surface area contributed by atoms with Crippen LogP contribution in [0.2, 0.25) is 0 Å². The van der Waals surface area contributed by atoms with Gasteiger partial charge in [-0.2, -0.15) is 0 Å². The molecule has 7 heteroatoms. The van der Waals surface area contributed by atoms with Crippen LogP contribution in [0, 0.1) is 11.6 Å². The van der Waals surface area contributed by atoms with E-state index in [9.17, 15) is 18.4 Å². The summed E-state index contributed by atoms with van der Waals surface area (Å²) in [6, 6.07) is 1.95. The molecule has 3 rings (SSSR count). The minimum absolute atomic E-state index is 0.0410. The quantitative estimate of drug-likeness (QED) is 0.805. The molecule has 2 saturated heterocycles. The molecule has 142 valence electrons. The molecule has 1 aromatic rings. The van der Waals surface area contributed by atoms with Crippen molar-refractivity contribution < 1.29 is 23.1 Å². The number of piperidine rings is 1. The van der Waals surface area contributed by atoms with Gasteiger partial charge in [-0.05, 0) is 32.1 Å². The number of rotatable bonds is 5. The van der Waals surface area contributed by atoms with Gasteiger partial charge >= 0.3 is 0 Å². The zero-order chi connectivity index (χ0) is 18.7. The average Bonchev–Trinajstić information content (AvgIpc) is 3.04. The Morgan fingerprint density at radius 1 is 1.19 bits per heavy atom. The average molecular weight is 366 g/mol. The number of amides is 2. The lowest BCUT2D eigenvalue weighted by Crippen LogP contribution is -2.46. The Morgan fingerprint density at radius 2 is 1.92 bits per heavy atom. The first kappa shape index (κ1) is 18.6. The van der Waals surface area contributed by atoms with Crippen molar-refractivity contribution in [1.29, 1.82) is 0 Å². The molecule has 2 aliphatic heterocycles. The molecular formula is C19H24F2N2O3. The van der Waals surface area contributed by atoms with Gasteiger partial charge in [0.1, 0.15) is 22.9 Å². The molecule has 1 aromatic carbocycles. The first-order valence-electron chi connectivity index (χ1n) is 9.13. The fourth-order valence-corrected chi connectivity index (χ4v) is 3.83. The Hall–Kier alpha value is -2.18. The molecule has 0 aliphatic carbocycles. The van der Waals surface area contributed by atoms with Gasteiger partial charge in [-0.1, -0.05) is 0 Å². The molecule has 0 bridgehead atoms. The first-order valence-corrected chi connectivity index (χ1v) is 9.13. The maximum atomic E-state index is 14.3. The van der Waals surface area contributed by atoms with Crippen molar-refractivity contribution in [2.24, 2.45) is 0 Å². The number of carbonyl (C=O) groups is 2. The smallest absolute Gasteiger partial charge is 0.260 e. The number of ether oxygens (including phenoxy) is 1. The molecule has 1 atom stereocenters. The standard InChI is InChI=1S/C19H24F2N2O3/c1-26-14-11-15(20)18(16(21)12-14)19(25)23-9-3-2-5-13(23)7-10-22-8-4-6-17(22)24/h11-13H,2-10H2,1H3/t13-/m0/s1. The minimum Gasteiger partial charge on any atom is -0.497 e. The Morgan fingerprint density at radius 3 is 2.54 bits per heavy atom. The number of methoxy groups -OCH3 is 1. The van der Waals surface area contributed by atoms with Crippen LogP contribution in [0.15, 0.2) is 12.1 Å². The highest BCUT2D eigenvalue weighted by Crippen LogP contribution is 2.27. The maximum absolute atomic E-state index is 14.3. The van der Waals surface area contributed by atoms with E-state index in [1.54, 1.807) is 4.90 Å². The molecule has 2 amide bonds. The van der Waals surface area contributed by atoms with E-state index in [2.05, 4.69) is 0 Å². The summed E-state index contributed by atoms with van der Waals surface area (Å²) in [5.74, 6) is -2.26. The van der Waals surface area contributed by atoms with E-state index in [0.717, 1.165) is 44.4 Å². The van der Waals surface area contributed by atoms with Crippen LogP contribution in [-0.2, 0) is 4.79 Å². The van der Waals surface area contributed by atoms with Crippen molar-refractivity contribution in [1.82, 2.24) is 9.80 Å². The Bertz CT molecular complexity index is 672. The molecule has 0 aromatic heterocycles. The number of halogens is 2. The van der Waals surface area contributed by atoms with Gasteiger partial charge in [0.15, 0.2) is 0 Å². The van der Waals surface area contributed by atoms with Crippen LogP contribution in [0.5, 0.6) is 5.75 Å². The van der Waals surface area contributed by atoms with Gasteiger partial charge in [0, 0.05) is 44.2 Å². The summed E-state index contributed by atoms with van der Waals surface area (Å²) in [6.45, 7) is 1.81. The summed E-state index contributed by atoms with van der Waals surface area (Å²) in [7, 11) is 1.32. The molecular weight excluding hydrogens is 342 g/mol. The van der Waals surface area contributed by atoms with E-state index in [1.807, 2.05) is 4.90 Å². The molecule has 2 heterocycles. The predicted molar refractivity (Wildman–Crippen MR) is 92.0 cm³/mol. The summed E-state index contributed by atoms with van der Waals surface area (Å²) in [4.78, 5) is 28.0. The number of carbonyl (C=O) groups excluding carboxylic acids is 2. The van der Waals surface area contributed by atoms with Crippen molar-refractivity contribution in [3.63, 3.8) is 0 Å². The molecule has 0 spiro atoms. The van der Waals surface area contributed by atoms with Crippen LogP contribution in [0.1, 0.15) is 48.9 Å². The van der Waals surface area contributed by atoms with Gasteiger partial charge in [0.2, 0.25) is 5.91 Å². The second kappa shape index (κ2) is 8.01. The second-order valence-electron chi connectivity index (χ2n) is 6.89. The fraction of sp³-hybridized carbons (Fsp3) is 0.579. The number of likely N-dealkylation sites (tertiary alicyclic amines) is 2. The fourth-order valence-electron chi connectivity index (χ4n) is 3.83. The molecule has 2 fully saturated rings. The summed E-state index contributed by atoms with van der Waals surface area (Å²) in [5, 5.41) is 0. The zero-order valence-electron chi connectivity index (χ0n) is 15.0. The van der Waals surface area contributed by atoms with Crippen LogP contribution in [-0.4, -0.2) is 54.4 Å². The Balaban J connectivity index is 1.74. The second-order valence-corrected chi connectivity index (χ2v) is 6.89. The van der Waals surface area contributed by atoms with Crippen molar-refractivity contribution in [3.05, 3.63) is 29.3 Å². The zero-order valence-corrected chi connectivity index (χ0v) is 15.0. The van der Waals surface area contributed by atoms with Crippen molar-refractivity contribution in [2.45, 2.75) is 44.6 Å². The Kier molecular flexibility index (Phi) is 5.74. The Labute approximate surface area is 151 Å². The lowest BCUT2D eigenvalue weighted by molar-refractivity contribution is -0.127. The third-order valence-corrected chi connectivity index (χ3v) is 5.26. The van der Waals surface area contributed by atoms with Gasteiger partial charge in [-0.15, -0.1) is 0 Å². The van der Waals surface area contributed by atoms with E-state index >= 15 is 0 Å². The van der Waals surface area contributed by atoms with Gasteiger partial charge < -0.3 is 14.5 Å². The summed E-state index contributed by atoms with van der Waals surface area (Å²) in [6.07, 6.45) is 4.65. The number of benzene rings is 1. The van der Waals surface area contributed by atoms with Gasteiger partial charge in [-0.3, -0.25) is 9.59 Å². The molecule has 0 radical (unpaired) electrons. The molecule has 2 aliphatic rings. The SMILES string of the molecule is COc1cc(F)c(C(=O)N2CCCC[C@H]2CCN2CCCC2=O)c(F)c1. The highest BCUT2D eigenvalue weighted by atomic mass is 19.1. The van der Waals surface area contributed by atoms with E-state index in [0.29, 0.717) is 25.9 Å². The third kappa shape index (κ3) is 3.81. The topological polar surface area (TPSA) is 49.9 Å². The summed E-state index contributed by atoms with van der Waals surface area (Å²) in [5.41, 5.74) is -0.532. The molecule has 5 nitrogen and oxygen atoms in total. The van der Waals surface area contributed by atoms with E-state index in [1.165, 1.54) is 7.11 Å². The van der Waals surface area contributed by atoms with Crippen LogP contribution in [0.4, 0.5) is 8.78 Å². The number of nitrogens with zero attached hydrogens (tertiary/aromatic N) is 2. The minimum atomic E-state index is -0.911. The number of hydrogen-bond donors (Lipinski definition) is 0. The van der Waals surface area contributed by atoms with E-state index in [-0.39, 0.29) is 17.7 Å². The molecule has 0 unspecified atom stereocenters. The predicted octanol–water partition coefficient (Wildman–Crippen LogP) is 2.98. The lowest BCUT2D eigenvalue weighted by atomic mass is 9.97. The van der Waals surface area contributed by atoms with Crippen molar-refractivity contribution in [2.75, 3.05) is 26.7 Å². The summed E-state index contributed by atoms with van der Waals surface area (Å²) < 4.78 is 33.4. The highest BCUT2D eigenvalue weighted by Gasteiger charge is 2.32. The van der Waals surface area contributed by atoms with Gasteiger partial charge in [-0.25, -0.2) is 8.78 Å². The molecule has 0 saturated carbocycles. The maximum Gasteiger partial charge on any atom is 0.260 e. The third-order valence-electron chi connectivity index (χ3n) is 5.26. The van der Waals surface area contributed by atoms with Crippen LogP contribution in [0.25, 0.3) is 0 Å². The van der Waals surface area contributed by atoms with Gasteiger partial charge in [0.05, 0.1) is 7.11 Å². The summed E-state index contributed by atoms with van der Waals surface area (Å²) >= 11 is 0. The normalized spacial score (nSPS) is 20.6. The lowest BCUT2D eigenvalue weighted by Gasteiger charge is -2.36. The van der Waals surface area contributed by atoms with Gasteiger partial charge in [0.25, 0.3) is 5.91 Å². The van der Waals surface area contributed by atoms with Crippen molar-refractivity contribution in [3.8, 4) is 5.75 Å². The van der Waals surface area contributed by atoms with Crippen LogP contribution < -0.4 is 4.74 Å². The van der Waals surface area contributed by atoms with Crippen LogP contribution in [0.3, 0.4) is 0 Å². The molecule has 0 N–H and O–H groups in total.